The Hall–Kier alpha value is -3.11. The Morgan fingerprint density at radius 3 is 2.67 bits per heavy atom. The van der Waals surface area contributed by atoms with Gasteiger partial charge in [0.15, 0.2) is 5.78 Å². The fraction of sp³-hybridized carbons (Fsp3) is 0.269. The molecule has 2 atom stereocenters. The molecule has 30 heavy (non-hydrogen) atoms. The summed E-state index contributed by atoms with van der Waals surface area (Å²) in [5.41, 5.74) is 3.94. The standard InChI is InChI=1S/C26H22O4/c1-28-18-12-10-17(11-13-18)26-15-21-19-6-3-2-5-16(19)9-14-20(21)25(30-26)24-22(27)7-4-8-23(24)29-26/h2-3,5-6,9-14,25H,4,7-8,15H2,1H3/t25?,26-/m0/s1. The molecule has 6 rings (SSSR count). The highest BCUT2D eigenvalue weighted by Crippen LogP contribution is 2.54. The van der Waals surface area contributed by atoms with E-state index in [4.69, 9.17) is 14.2 Å². The van der Waals surface area contributed by atoms with Gasteiger partial charge in [-0.3, -0.25) is 4.79 Å². The number of fused-ring (bicyclic) bond motifs is 7. The lowest BCUT2D eigenvalue weighted by atomic mass is 9.79. The number of methoxy groups -OCH3 is 1. The molecule has 0 aromatic heterocycles. The van der Waals surface area contributed by atoms with Gasteiger partial charge in [-0.2, -0.15) is 0 Å². The smallest absolute Gasteiger partial charge is 0.241 e. The molecule has 3 aromatic rings. The van der Waals surface area contributed by atoms with Gasteiger partial charge in [0.25, 0.3) is 0 Å². The van der Waals surface area contributed by atoms with Crippen molar-refractivity contribution in [3.8, 4) is 5.75 Å². The van der Waals surface area contributed by atoms with Gasteiger partial charge in [0.05, 0.1) is 12.7 Å². The van der Waals surface area contributed by atoms with Crippen molar-refractivity contribution in [2.45, 2.75) is 37.6 Å². The summed E-state index contributed by atoms with van der Waals surface area (Å²) < 4.78 is 18.6. The second-order valence-corrected chi connectivity index (χ2v) is 8.23. The number of carbonyl (C=O) groups excluding carboxylic acids is 1. The summed E-state index contributed by atoms with van der Waals surface area (Å²) in [5, 5.41) is 2.38. The van der Waals surface area contributed by atoms with E-state index in [9.17, 15) is 4.79 Å². The summed E-state index contributed by atoms with van der Waals surface area (Å²) >= 11 is 0. The highest BCUT2D eigenvalue weighted by atomic mass is 16.7. The van der Waals surface area contributed by atoms with Gasteiger partial charge in [0.2, 0.25) is 5.79 Å². The van der Waals surface area contributed by atoms with E-state index in [1.165, 1.54) is 16.3 Å². The minimum absolute atomic E-state index is 0.144. The first-order valence-electron chi connectivity index (χ1n) is 10.5. The number of hydrogen-bond acceptors (Lipinski definition) is 4. The van der Waals surface area contributed by atoms with E-state index in [0.29, 0.717) is 18.4 Å². The van der Waals surface area contributed by atoms with Crippen LogP contribution in [0.25, 0.3) is 10.8 Å². The van der Waals surface area contributed by atoms with Crippen molar-refractivity contribution < 1.29 is 19.0 Å². The van der Waals surface area contributed by atoms with E-state index in [-0.39, 0.29) is 5.78 Å². The molecule has 0 spiro atoms. The third kappa shape index (κ3) is 2.47. The quantitative estimate of drug-likeness (QED) is 0.584. The normalized spacial score (nSPS) is 24.8. The average molecular weight is 398 g/mol. The van der Waals surface area contributed by atoms with E-state index in [2.05, 4.69) is 36.4 Å². The molecular weight excluding hydrogens is 376 g/mol. The Labute approximate surface area is 175 Å². The topological polar surface area (TPSA) is 44.8 Å². The van der Waals surface area contributed by atoms with Crippen LogP contribution < -0.4 is 4.74 Å². The van der Waals surface area contributed by atoms with Crippen molar-refractivity contribution >= 4 is 16.6 Å². The molecule has 1 unspecified atom stereocenters. The van der Waals surface area contributed by atoms with Gasteiger partial charge in [0.1, 0.15) is 17.6 Å². The van der Waals surface area contributed by atoms with E-state index in [1.807, 2.05) is 24.3 Å². The monoisotopic (exact) mass is 398 g/mol. The van der Waals surface area contributed by atoms with Crippen LogP contribution in [0.15, 0.2) is 72.0 Å². The molecule has 2 aliphatic heterocycles. The van der Waals surface area contributed by atoms with Crippen molar-refractivity contribution in [3.05, 3.63) is 88.7 Å². The fourth-order valence-electron chi connectivity index (χ4n) is 5.10. The Bertz CT molecular complexity index is 1210. The molecule has 1 aliphatic carbocycles. The number of ketones is 1. The van der Waals surface area contributed by atoms with E-state index in [0.717, 1.165) is 35.5 Å². The van der Waals surface area contributed by atoms with Gasteiger partial charge >= 0.3 is 0 Å². The molecule has 4 nitrogen and oxygen atoms in total. The summed E-state index contributed by atoms with van der Waals surface area (Å²) in [4.78, 5) is 12.9. The summed E-state index contributed by atoms with van der Waals surface area (Å²) in [7, 11) is 1.66. The molecule has 4 heteroatoms. The first-order valence-corrected chi connectivity index (χ1v) is 10.5. The van der Waals surface area contributed by atoms with Gasteiger partial charge in [-0.05, 0) is 52.6 Å². The highest BCUT2D eigenvalue weighted by Gasteiger charge is 2.51. The van der Waals surface area contributed by atoms with Gasteiger partial charge in [-0.25, -0.2) is 0 Å². The zero-order valence-electron chi connectivity index (χ0n) is 16.8. The Morgan fingerprint density at radius 2 is 1.83 bits per heavy atom. The van der Waals surface area contributed by atoms with Gasteiger partial charge < -0.3 is 14.2 Å². The van der Waals surface area contributed by atoms with E-state index in [1.54, 1.807) is 7.11 Å². The zero-order chi connectivity index (χ0) is 20.3. The number of carbonyl (C=O) groups is 1. The molecule has 150 valence electrons. The molecule has 3 aliphatic rings. The first kappa shape index (κ1) is 17.7. The van der Waals surface area contributed by atoms with Crippen molar-refractivity contribution in [1.29, 1.82) is 0 Å². The maximum absolute atomic E-state index is 12.9. The lowest BCUT2D eigenvalue weighted by Crippen LogP contribution is -2.46. The van der Waals surface area contributed by atoms with E-state index >= 15 is 0 Å². The SMILES string of the molecule is COc1ccc([C@]23Cc4c(ccc5ccccc45)C(O2)C2=C(CCCC2=O)O3)cc1. The van der Waals surface area contributed by atoms with Gasteiger partial charge in [-0.15, -0.1) is 0 Å². The van der Waals surface area contributed by atoms with Crippen LogP contribution in [0.1, 0.15) is 42.1 Å². The summed E-state index contributed by atoms with van der Waals surface area (Å²) in [6, 6.07) is 20.5. The van der Waals surface area contributed by atoms with Crippen molar-refractivity contribution in [2.24, 2.45) is 0 Å². The molecule has 0 saturated heterocycles. The van der Waals surface area contributed by atoms with Crippen LogP contribution in [0.4, 0.5) is 0 Å². The highest BCUT2D eigenvalue weighted by molar-refractivity contribution is 5.98. The second-order valence-electron chi connectivity index (χ2n) is 8.23. The summed E-state index contributed by atoms with van der Waals surface area (Å²) in [6.07, 6.45) is 2.37. The molecule has 3 aromatic carbocycles. The van der Waals surface area contributed by atoms with E-state index < -0.39 is 11.9 Å². The van der Waals surface area contributed by atoms with Crippen molar-refractivity contribution in [1.82, 2.24) is 0 Å². The maximum Gasteiger partial charge on any atom is 0.241 e. The largest absolute Gasteiger partial charge is 0.497 e. The third-order valence-corrected chi connectivity index (χ3v) is 6.57. The molecule has 0 amide bonds. The number of allylic oxidation sites excluding steroid dienone is 1. The minimum atomic E-state index is -0.940. The number of hydrogen-bond donors (Lipinski definition) is 0. The molecule has 2 heterocycles. The summed E-state index contributed by atoms with van der Waals surface area (Å²) in [5.74, 6) is 0.796. The van der Waals surface area contributed by atoms with Crippen LogP contribution in [0.3, 0.4) is 0 Å². The van der Waals surface area contributed by atoms with Crippen LogP contribution in [-0.2, 0) is 26.5 Å². The number of benzene rings is 3. The molecule has 0 radical (unpaired) electrons. The summed E-state index contributed by atoms with van der Waals surface area (Å²) in [6.45, 7) is 0. The Morgan fingerprint density at radius 1 is 1.00 bits per heavy atom. The lowest BCUT2D eigenvalue weighted by molar-refractivity contribution is -0.270. The first-order chi connectivity index (χ1) is 14.7. The third-order valence-electron chi connectivity index (χ3n) is 6.57. The molecule has 0 N–H and O–H groups in total. The van der Waals surface area contributed by atoms with Crippen LogP contribution in [0.5, 0.6) is 5.75 Å². The van der Waals surface area contributed by atoms with Crippen molar-refractivity contribution in [2.75, 3.05) is 7.11 Å². The molecule has 2 bridgehead atoms. The zero-order valence-corrected chi connectivity index (χ0v) is 16.8. The maximum atomic E-state index is 12.9. The average Bonchev–Trinajstić information content (AvgIpc) is 2.79. The van der Waals surface area contributed by atoms with Crippen LogP contribution >= 0.6 is 0 Å². The predicted molar refractivity (Wildman–Crippen MR) is 113 cm³/mol. The molecule has 0 fully saturated rings. The van der Waals surface area contributed by atoms with Gasteiger partial charge in [0, 0.05) is 24.8 Å². The Kier molecular flexibility index (Phi) is 3.81. The van der Waals surface area contributed by atoms with Crippen LogP contribution in [0.2, 0.25) is 0 Å². The van der Waals surface area contributed by atoms with Crippen molar-refractivity contribution in [3.63, 3.8) is 0 Å². The van der Waals surface area contributed by atoms with Gasteiger partial charge in [-0.1, -0.05) is 36.4 Å². The number of Topliss-reactive ketones (excluding diaryl/α,β-unsaturated/α-hetero) is 1. The molecular formula is C26H22O4. The predicted octanol–water partition coefficient (Wildman–Crippen LogP) is 5.35. The molecule has 0 saturated carbocycles. The lowest BCUT2D eigenvalue weighted by Gasteiger charge is -2.48. The minimum Gasteiger partial charge on any atom is -0.497 e. The van der Waals surface area contributed by atoms with Crippen LogP contribution in [-0.4, -0.2) is 12.9 Å². The Balaban J connectivity index is 1.60. The number of ether oxygens (including phenoxy) is 3. The number of rotatable bonds is 2. The fourth-order valence-corrected chi connectivity index (χ4v) is 5.10. The van der Waals surface area contributed by atoms with Crippen LogP contribution in [0, 0.1) is 0 Å². The second kappa shape index (κ2) is 6.44.